The number of nitrogens with zero attached hydrogens (tertiary/aromatic N) is 2. The monoisotopic (exact) mass is 254 g/mol. The predicted molar refractivity (Wildman–Crippen MR) is 56.8 cm³/mol. The van der Waals surface area contributed by atoms with Crippen molar-refractivity contribution in [2.24, 2.45) is 5.73 Å². The number of nitrogens with one attached hydrogen (secondary N) is 1. The van der Waals surface area contributed by atoms with Crippen LogP contribution < -0.4 is 11.1 Å². The fourth-order valence-corrected chi connectivity index (χ4v) is 1.12. The van der Waals surface area contributed by atoms with Crippen LogP contribution in [0.2, 0.25) is 0 Å². The van der Waals surface area contributed by atoms with Crippen LogP contribution in [-0.2, 0) is 0 Å². The van der Waals surface area contributed by atoms with Gasteiger partial charge in [0.2, 0.25) is 0 Å². The van der Waals surface area contributed by atoms with E-state index in [0.29, 0.717) is 6.07 Å². The van der Waals surface area contributed by atoms with Crippen molar-refractivity contribution in [2.75, 3.05) is 0 Å². The number of non-ortho nitro benzene ring substituents is 2. The molecule has 0 heterocycles. The number of hydrogen-bond acceptors (Lipinski definition) is 6. The molecule has 0 atom stereocenters. The predicted octanol–water partition coefficient (Wildman–Crippen LogP) is 0.311. The Balaban J connectivity index is 3.27. The molecule has 3 N–H and O–H groups in total. The second-order valence-electron chi connectivity index (χ2n) is 3.07. The van der Waals surface area contributed by atoms with E-state index in [0.717, 1.165) is 12.1 Å². The van der Waals surface area contributed by atoms with Gasteiger partial charge in [0, 0.05) is 12.1 Å². The highest BCUT2D eigenvalue weighted by Crippen LogP contribution is 2.22. The number of carbonyl (C=O) groups is 2. The van der Waals surface area contributed by atoms with Crippen LogP contribution in [0.25, 0.3) is 0 Å². The fraction of sp³-hybridized carbons (Fsp3) is 0. The maximum absolute atomic E-state index is 11.3. The molecule has 0 aliphatic heterocycles. The minimum absolute atomic E-state index is 0.408. The zero-order chi connectivity index (χ0) is 13.9. The summed E-state index contributed by atoms with van der Waals surface area (Å²) in [4.78, 5) is 41.1. The summed E-state index contributed by atoms with van der Waals surface area (Å²) in [5.74, 6) is -1.06. The van der Waals surface area contributed by atoms with Gasteiger partial charge >= 0.3 is 6.03 Å². The molecule has 94 valence electrons. The lowest BCUT2D eigenvalue weighted by Crippen LogP contribution is -2.34. The Morgan fingerprint density at radius 2 is 1.50 bits per heavy atom. The number of primary amides is 1. The number of benzene rings is 1. The molecule has 0 saturated heterocycles. The van der Waals surface area contributed by atoms with Crippen molar-refractivity contribution < 1.29 is 19.4 Å². The standard InChI is InChI=1S/C8H6N4O6/c9-8(14)10-7(13)4-1-5(11(15)16)3-6(2-4)12(17)18/h1-3H,(H3,9,10,13,14). The van der Waals surface area contributed by atoms with Crippen LogP contribution in [0.15, 0.2) is 18.2 Å². The minimum atomic E-state index is -1.17. The topological polar surface area (TPSA) is 158 Å². The van der Waals surface area contributed by atoms with E-state index in [1.807, 2.05) is 0 Å². The summed E-state index contributed by atoms with van der Waals surface area (Å²) in [6, 6.07) is 1.12. The van der Waals surface area contributed by atoms with Gasteiger partial charge in [-0.25, -0.2) is 4.79 Å². The molecule has 1 aromatic carbocycles. The van der Waals surface area contributed by atoms with Gasteiger partial charge in [-0.2, -0.15) is 0 Å². The second kappa shape index (κ2) is 4.86. The SMILES string of the molecule is NC(=O)NC(=O)c1cc([N+](=O)[O-])cc([N+](=O)[O-])c1. The molecule has 0 unspecified atom stereocenters. The van der Waals surface area contributed by atoms with E-state index in [-0.39, 0.29) is 0 Å². The molecule has 3 amide bonds. The number of imide groups is 1. The van der Waals surface area contributed by atoms with E-state index in [1.165, 1.54) is 0 Å². The van der Waals surface area contributed by atoms with Crippen molar-refractivity contribution in [3.63, 3.8) is 0 Å². The van der Waals surface area contributed by atoms with Crippen molar-refractivity contribution in [3.05, 3.63) is 44.0 Å². The van der Waals surface area contributed by atoms with Gasteiger partial charge in [0.1, 0.15) is 0 Å². The summed E-state index contributed by atoms with van der Waals surface area (Å²) in [7, 11) is 0. The number of nitro benzene ring substituents is 2. The molecule has 0 spiro atoms. The quantitative estimate of drug-likeness (QED) is 0.583. The number of nitrogens with two attached hydrogens (primary N) is 1. The lowest BCUT2D eigenvalue weighted by molar-refractivity contribution is -0.394. The largest absolute Gasteiger partial charge is 0.351 e. The zero-order valence-corrected chi connectivity index (χ0v) is 8.65. The number of hydrogen-bond donors (Lipinski definition) is 2. The minimum Gasteiger partial charge on any atom is -0.351 e. The lowest BCUT2D eigenvalue weighted by Gasteiger charge is -2.01. The Morgan fingerprint density at radius 3 is 1.83 bits per heavy atom. The zero-order valence-electron chi connectivity index (χ0n) is 8.65. The van der Waals surface area contributed by atoms with Gasteiger partial charge in [0.05, 0.1) is 21.5 Å². The van der Waals surface area contributed by atoms with E-state index < -0.39 is 38.7 Å². The molecular weight excluding hydrogens is 248 g/mol. The first-order chi connectivity index (χ1) is 8.31. The number of carbonyl (C=O) groups excluding carboxylic acids is 2. The summed E-state index contributed by atoms with van der Waals surface area (Å²) in [5.41, 5.74) is 3.00. The summed E-state index contributed by atoms with van der Waals surface area (Å²) in [6.07, 6.45) is 0. The molecule has 0 saturated carbocycles. The Hall–Kier alpha value is -3.04. The molecule has 0 radical (unpaired) electrons. The van der Waals surface area contributed by atoms with Gasteiger partial charge in [-0.3, -0.25) is 30.3 Å². The van der Waals surface area contributed by atoms with Crippen LogP contribution in [0.5, 0.6) is 0 Å². The summed E-state index contributed by atoms with van der Waals surface area (Å²) >= 11 is 0. The number of amides is 3. The van der Waals surface area contributed by atoms with E-state index in [9.17, 15) is 29.8 Å². The van der Waals surface area contributed by atoms with E-state index in [1.54, 1.807) is 5.32 Å². The third-order valence-corrected chi connectivity index (χ3v) is 1.82. The molecule has 0 aromatic heterocycles. The Labute approximate surface area is 98.7 Å². The first-order valence-corrected chi connectivity index (χ1v) is 4.36. The summed E-state index contributed by atoms with van der Waals surface area (Å²) in [6.45, 7) is 0. The van der Waals surface area contributed by atoms with Gasteiger partial charge in [0.15, 0.2) is 0 Å². The number of rotatable bonds is 3. The van der Waals surface area contributed by atoms with Crippen LogP contribution >= 0.6 is 0 Å². The molecule has 0 bridgehead atoms. The van der Waals surface area contributed by atoms with Crippen molar-refractivity contribution in [3.8, 4) is 0 Å². The maximum Gasteiger partial charge on any atom is 0.319 e. The van der Waals surface area contributed by atoms with Crippen LogP contribution in [-0.4, -0.2) is 21.8 Å². The molecule has 0 aliphatic rings. The van der Waals surface area contributed by atoms with E-state index in [2.05, 4.69) is 5.73 Å². The highest BCUT2D eigenvalue weighted by Gasteiger charge is 2.20. The van der Waals surface area contributed by atoms with Crippen molar-refractivity contribution in [1.82, 2.24) is 5.32 Å². The van der Waals surface area contributed by atoms with Gasteiger partial charge in [-0.05, 0) is 0 Å². The van der Waals surface area contributed by atoms with Crippen LogP contribution in [0.1, 0.15) is 10.4 Å². The van der Waals surface area contributed by atoms with Gasteiger partial charge < -0.3 is 5.73 Å². The molecule has 18 heavy (non-hydrogen) atoms. The lowest BCUT2D eigenvalue weighted by atomic mass is 10.1. The summed E-state index contributed by atoms with van der Waals surface area (Å²) in [5, 5.41) is 22.7. The third kappa shape index (κ3) is 2.98. The van der Waals surface area contributed by atoms with E-state index >= 15 is 0 Å². The third-order valence-electron chi connectivity index (χ3n) is 1.82. The molecule has 1 aromatic rings. The molecule has 10 nitrogen and oxygen atoms in total. The first kappa shape index (κ1) is 13.0. The Kier molecular flexibility index (Phi) is 3.52. The average molecular weight is 254 g/mol. The van der Waals surface area contributed by atoms with Crippen molar-refractivity contribution in [1.29, 1.82) is 0 Å². The highest BCUT2D eigenvalue weighted by molar-refractivity contribution is 6.04. The van der Waals surface area contributed by atoms with Gasteiger partial charge in [-0.15, -0.1) is 0 Å². The average Bonchev–Trinajstić information content (AvgIpc) is 2.27. The molecule has 1 rings (SSSR count). The van der Waals surface area contributed by atoms with Crippen LogP contribution in [0.3, 0.4) is 0 Å². The smallest absolute Gasteiger partial charge is 0.319 e. The van der Waals surface area contributed by atoms with Crippen molar-refractivity contribution in [2.45, 2.75) is 0 Å². The summed E-state index contributed by atoms with van der Waals surface area (Å²) < 4.78 is 0. The van der Waals surface area contributed by atoms with Gasteiger partial charge in [-0.1, -0.05) is 0 Å². The molecule has 0 aliphatic carbocycles. The van der Waals surface area contributed by atoms with Crippen molar-refractivity contribution >= 4 is 23.3 Å². The van der Waals surface area contributed by atoms with Gasteiger partial charge in [0.25, 0.3) is 17.3 Å². The maximum atomic E-state index is 11.3. The Morgan fingerprint density at radius 1 is 1.06 bits per heavy atom. The van der Waals surface area contributed by atoms with Crippen LogP contribution in [0, 0.1) is 20.2 Å². The van der Waals surface area contributed by atoms with E-state index in [4.69, 9.17) is 0 Å². The highest BCUT2D eigenvalue weighted by atomic mass is 16.6. The first-order valence-electron chi connectivity index (χ1n) is 4.36. The van der Waals surface area contributed by atoms with Crippen LogP contribution in [0.4, 0.5) is 16.2 Å². The normalized spacial score (nSPS) is 9.56. The molecular formula is C8H6N4O6. The second-order valence-corrected chi connectivity index (χ2v) is 3.07. The fourth-order valence-electron chi connectivity index (χ4n) is 1.12. The molecule has 0 fully saturated rings. The molecule has 10 heteroatoms. The number of urea groups is 1. The Bertz CT molecular complexity index is 522. The number of nitro groups is 2.